The number of carboxylic acid groups (broad SMARTS) is 1. The van der Waals surface area contributed by atoms with E-state index < -0.39 is 11.9 Å². The number of carbonyl (C=O) groups excluding carboxylic acids is 1. The number of hydrogen-bond acceptors (Lipinski definition) is 4. The molecule has 1 N–H and O–H groups in total. The van der Waals surface area contributed by atoms with Crippen molar-refractivity contribution in [2.45, 2.75) is 19.8 Å². The van der Waals surface area contributed by atoms with Gasteiger partial charge in [-0.2, -0.15) is 0 Å². The Bertz CT molecular complexity index is 668. The van der Waals surface area contributed by atoms with E-state index in [1.54, 1.807) is 24.1 Å². The molecule has 6 nitrogen and oxygen atoms in total. The van der Waals surface area contributed by atoms with Crippen molar-refractivity contribution in [3.05, 3.63) is 23.3 Å². The molecule has 0 spiro atoms. The van der Waals surface area contributed by atoms with E-state index in [-0.39, 0.29) is 18.4 Å². The summed E-state index contributed by atoms with van der Waals surface area (Å²) in [5.41, 5.74) is 1.33. The van der Waals surface area contributed by atoms with Crippen LogP contribution in [0.1, 0.15) is 28.8 Å². The van der Waals surface area contributed by atoms with Gasteiger partial charge in [0.2, 0.25) is 0 Å². The van der Waals surface area contributed by atoms with Gasteiger partial charge >= 0.3 is 5.97 Å². The fraction of sp³-hybridized carbons (Fsp3) is 0.556. The first-order valence-corrected chi connectivity index (χ1v) is 8.21. The maximum absolute atomic E-state index is 12.9. The molecule has 2 fully saturated rings. The smallest absolute Gasteiger partial charge is 0.308 e. The largest absolute Gasteiger partial charge is 0.493 e. The molecule has 3 rings (SSSR count). The van der Waals surface area contributed by atoms with Gasteiger partial charge in [-0.1, -0.05) is 0 Å². The van der Waals surface area contributed by atoms with Gasteiger partial charge in [-0.05, 0) is 49.3 Å². The zero-order valence-electron chi connectivity index (χ0n) is 14.2. The number of ether oxygens (including phenoxy) is 2. The van der Waals surface area contributed by atoms with Crippen molar-refractivity contribution in [2.75, 3.05) is 27.3 Å². The van der Waals surface area contributed by atoms with Crippen LogP contribution in [0, 0.1) is 24.7 Å². The molecule has 1 saturated carbocycles. The van der Waals surface area contributed by atoms with Gasteiger partial charge in [-0.15, -0.1) is 0 Å². The third-order valence-electron chi connectivity index (χ3n) is 5.16. The lowest BCUT2D eigenvalue weighted by Gasteiger charge is -2.19. The standard InChI is InChI=1S/C18H23NO5/c1-10-6-15(23-2)16(24-3)7-12(10)17(20)19-8-13(11-4-5-11)14(9-19)18(21)22/h6-7,11,13-14H,4-5,8-9H2,1-3H3,(H,21,22)/t13-,14+/m1/s1. The summed E-state index contributed by atoms with van der Waals surface area (Å²) in [6.45, 7) is 2.65. The van der Waals surface area contributed by atoms with Crippen LogP contribution in [-0.4, -0.2) is 49.2 Å². The van der Waals surface area contributed by atoms with Crippen molar-refractivity contribution < 1.29 is 24.2 Å². The van der Waals surface area contributed by atoms with Gasteiger partial charge in [0.05, 0.1) is 20.1 Å². The minimum absolute atomic E-state index is 0.0758. The second kappa shape index (κ2) is 6.34. The summed E-state index contributed by atoms with van der Waals surface area (Å²) >= 11 is 0. The lowest BCUT2D eigenvalue weighted by atomic mass is 9.92. The van der Waals surface area contributed by atoms with Crippen LogP contribution in [0.5, 0.6) is 11.5 Å². The number of carboxylic acids is 1. The molecule has 1 aliphatic heterocycles. The first kappa shape index (κ1) is 16.6. The first-order chi connectivity index (χ1) is 11.5. The Kier molecular flexibility index (Phi) is 4.39. The van der Waals surface area contributed by atoms with E-state index in [9.17, 15) is 14.7 Å². The average molecular weight is 333 g/mol. The molecule has 2 aliphatic rings. The molecule has 6 heteroatoms. The second-order valence-electron chi connectivity index (χ2n) is 6.68. The summed E-state index contributed by atoms with van der Waals surface area (Å²) in [4.78, 5) is 26.1. The van der Waals surface area contributed by atoms with Gasteiger partial charge in [0.15, 0.2) is 11.5 Å². The number of carbonyl (C=O) groups is 2. The average Bonchev–Trinajstić information content (AvgIpc) is 3.31. The van der Waals surface area contributed by atoms with Crippen molar-refractivity contribution in [1.29, 1.82) is 0 Å². The second-order valence-corrected chi connectivity index (χ2v) is 6.68. The number of rotatable bonds is 5. The van der Waals surface area contributed by atoms with E-state index in [2.05, 4.69) is 0 Å². The van der Waals surface area contributed by atoms with Gasteiger partial charge < -0.3 is 19.5 Å². The SMILES string of the molecule is COc1cc(C)c(C(=O)N2C[C@H](C(=O)O)[C@@H](C3CC3)C2)cc1OC. The highest BCUT2D eigenvalue weighted by atomic mass is 16.5. The number of hydrogen-bond donors (Lipinski definition) is 1. The van der Waals surface area contributed by atoms with Crippen LogP contribution in [0.4, 0.5) is 0 Å². The number of aryl methyl sites for hydroxylation is 1. The van der Waals surface area contributed by atoms with Crippen molar-refractivity contribution >= 4 is 11.9 Å². The quantitative estimate of drug-likeness (QED) is 0.894. The van der Waals surface area contributed by atoms with Crippen LogP contribution in [0.25, 0.3) is 0 Å². The molecule has 1 aliphatic carbocycles. The minimum atomic E-state index is -0.800. The molecule has 1 saturated heterocycles. The third kappa shape index (κ3) is 2.92. The number of likely N-dealkylation sites (tertiary alicyclic amines) is 1. The van der Waals surface area contributed by atoms with Crippen molar-refractivity contribution in [1.82, 2.24) is 4.90 Å². The maximum atomic E-state index is 12.9. The molecule has 24 heavy (non-hydrogen) atoms. The molecular formula is C18H23NO5. The molecule has 130 valence electrons. The predicted molar refractivity (Wildman–Crippen MR) is 87.5 cm³/mol. The van der Waals surface area contributed by atoms with E-state index in [0.29, 0.717) is 29.5 Å². The van der Waals surface area contributed by atoms with E-state index >= 15 is 0 Å². The first-order valence-electron chi connectivity index (χ1n) is 8.21. The van der Waals surface area contributed by atoms with E-state index in [0.717, 1.165) is 18.4 Å². The zero-order chi connectivity index (χ0) is 17.4. The van der Waals surface area contributed by atoms with Crippen molar-refractivity contribution in [2.24, 2.45) is 17.8 Å². The normalized spacial score (nSPS) is 23.2. The summed E-state index contributed by atoms with van der Waals surface area (Å²) in [6.07, 6.45) is 2.15. The Hall–Kier alpha value is -2.24. The highest BCUT2D eigenvalue weighted by molar-refractivity contribution is 5.97. The van der Waals surface area contributed by atoms with Crippen LogP contribution in [0.15, 0.2) is 12.1 Å². The topological polar surface area (TPSA) is 76.1 Å². The third-order valence-corrected chi connectivity index (χ3v) is 5.16. The molecule has 0 aromatic heterocycles. The van der Waals surface area contributed by atoms with Gasteiger partial charge in [0, 0.05) is 18.7 Å². The molecule has 1 heterocycles. The highest BCUT2D eigenvalue weighted by Crippen LogP contribution is 2.44. The van der Waals surface area contributed by atoms with Gasteiger partial charge in [0.25, 0.3) is 5.91 Å². The number of methoxy groups -OCH3 is 2. The highest BCUT2D eigenvalue weighted by Gasteiger charge is 2.47. The van der Waals surface area contributed by atoms with Crippen LogP contribution in [0.3, 0.4) is 0 Å². The van der Waals surface area contributed by atoms with Crippen LogP contribution in [0.2, 0.25) is 0 Å². The molecule has 0 unspecified atom stereocenters. The monoisotopic (exact) mass is 333 g/mol. The Morgan fingerprint density at radius 3 is 2.29 bits per heavy atom. The minimum Gasteiger partial charge on any atom is -0.493 e. The number of nitrogens with zero attached hydrogens (tertiary/aromatic N) is 1. The zero-order valence-corrected chi connectivity index (χ0v) is 14.2. The summed E-state index contributed by atoms with van der Waals surface area (Å²) in [7, 11) is 3.08. The molecule has 2 atom stereocenters. The van der Waals surface area contributed by atoms with Crippen LogP contribution < -0.4 is 9.47 Å². The number of amides is 1. The fourth-order valence-electron chi connectivity index (χ4n) is 3.64. The van der Waals surface area contributed by atoms with Gasteiger partial charge in [-0.25, -0.2) is 0 Å². The Morgan fingerprint density at radius 2 is 1.75 bits per heavy atom. The molecular weight excluding hydrogens is 310 g/mol. The summed E-state index contributed by atoms with van der Waals surface area (Å²) in [5, 5.41) is 9.46. The van der Waals surface area contributed by atoms with Crippen LogP contribution in [-0.2, 0) is 4.79 Å². The lowest BCUT2D eigenvalue weighted by Crippen LogP contribution is -2.30. The molecule has 1 amide bonds. The van der Waals surface area contributed by atoms with E-state index in [1.807, 2.05) is 6.92 Å². The van der Waals surface area contributed by atoms with Gasteiger partial charge in [0.1, 0.15) is 0 Å². The fourth-order valence-corrected chi connectivity index (χ4v) is 3.64. The number of benzene rings is 1. The maximum Gasteiger partial charge on any atom is 0.308 e. The summed E-state index contributed by atoms with van der Waals surface area (Å²) in [6, 6.07) is 3.45. The predicted octanol–water partition coefficient (Wildman–Crippen LogP) is 2.20. The molecule has 0 bridgehead atoms. The van der Waals surface area contributed by atoms with E-state index in [4.69, 9.17) is 9.47 Å². The summed E-state index contributed by atoms with van der Waals surface area (Å²) in [5.74, 6) is 0.213. The van der Waals surface area contributed by atoms with Crippen molar-refractivity contribution in [3.63, 3.8) is 0 Å². The van der Waals surface area contributed by atoms with Crippen LogP contribution >= 0.6 is 0 Å². The lowest BCUT2D eigenvalue weighted by molar-refractivity contribution is -0.142. The molecule has 0 radical (unpaired) electrons. The van der Waals surface area contributed by atoms with Gasteiger partial charge in [-0.3, -0.25) is 9.59 Å². The van der Waals surface area contributed by atoms with Crippen molar-refractivity contribution in [3.8, 4) is 11.5 Å². The molecule has 1 aromatic carbocycles. The Morgan fingerprint density at radius 1 is 1.12 bits per heavy atom. The molecule has 1 aromatic rings. The Labute approximate surface area is 141 Å². The van der Waals surface area contributed by atoms with E-state index in [1.165, 1.54) is 7.11 Å². The Balaban J connectivity index is 1.85. The number of aliphatic carboxylic acids is 1. The summed E-state index contributed by atoms with van der Waals surface area (Å²) < 4.78 is 10.5.